The molecule has 0 nitrogen and oxygen atoms in total. The van der Waals surface area contributed by atoms with Gasteiger partial charge < -0.3 is 0 Å². The van der Waals surface area contributed by atoms with Crippen LogP contribution in [0.25, 0.3) is 0 Å². The summed E-state index contributed by atoms with van der Waals surface area (Å²) >= 11 is 0. The van der Waals surface area contributed by atoms with Gasteiger partial charge in [0, 0.05) is 0 Å². The van der Waals surface area contributed by atoms with E-state index in [1.54, 1.807) is 0 Å². The van der Waals surface area contributed by atoms with Gasteiger partial charge >= 0.3 is 0 Å². The smallest absolute Gasteiger partial charge is 0.0201 e. The summed E-state index contributed by atoms with van der Waals surface area (Å²) in [6.07, 6.45) is 2.55. The highest BCUT2D eigenvalue weighted by Gasteiger charge is 2.51. The number of rotatable bonds is 4. The van der Waals surface area contributed by atoms with Crippen molar-refractivity contribution in [2.45, 2.75) is 75.2 Å². The second-order valence-corrected chi connectivity index (χ2v) is 6.87. The largest absolute Gasteiger partial charge is 0.0648 e. The fraction of sp³-hybridized carbons (Fsp3) is 1.00. The van der Waals surface area contributed by atoms with Crippen molar-refractivity contribution < 1.29 is 0 Å². The van der Waals surface area contributed by atoms with Gasteiger partial charge in [-0.15, -0.1) is 0 Å². The van der Waals surface area contributed by atoms with Gasteiger partial charge in [-0.3, -0.25) is 0 Å². The van der Waals surface area contributed by atoms with Gasteiger partial charge in [-0.25, -0.2) is 0 Å². The Balaban J connectivity index is 5.48. The summed E-state index contributed by atoms with van der Waals surface area (Å²) in [5.74, 6) is 0.724. The topological polar surface area (TPSA) is 0 Å². The highest BCUT2D eigenvalue weighted by molar-refractivity contribution is 5.00. The van der Waals surface area contributed by atoms with E-state index in [2.05, 4.69) is 62.3 Å². The van der Waals surface area contributed by atoms with Crippen LogP contribution in [-0.2, 0) is 0 Å². The molecule has 92 valence electrons. The summed E-state index contributed by atoms with van der Waals surface area (Å²) < 4.78 is 0. The van der Waals surface area contributed by atoms with Crippen LogP contribution in [-0.4, -0.2) is 0 Å². The summed E-state index contributed by atoms with van der Waals surface area (Å²) in [6, 6.07) is 0. The maximum atomic E-state index is 2.49. The maximum absolute atomic E-state index is 2.49. The molecule has 0 aromatic heterocycles. The standard InChI is InChI=1S/C15H32/c1-10-14(8,11-2)15(9,12(3)4)13(5,6)7/h12H,10-11H2,1-9H3/t15-/m1/s1. The Morgan fingerprint density at radius 3 is 1.20 bits per heavy atom. The number of hydrogen-bond acceptors (Lipinski definition) is 0. The van der Waals surface area contributed by atoms with Crippen LogP contribution < -0.4 is 0 Å². The van der Waals surface area contributed by atoms with E-state index in [9.17, 15) is 0 Å². The molecule has 15 heavy (non-hydrogen) atoms. The predicted molar refractivity (Wildman–Crippen MR) is 71.1 cm³/mol. The minimum absolute atomic E-state index is 0.363. The Hall–Kier alpha value is 0. The molecule has 0 heteroatoms. The Kier molecular flexibility index (Phi) is 4.47. The first-order chi connectivity index (χ1) is 6.56. The van der Waals surface area contributed by atoms with Crippen LogP contribution in [0.1, 0.15) is 75.2 Å². The summed E-state index contributed by atoms with van der Waals surface area (Å²) in [5, 5.41) is 0. The van der Waals surface area contributed by atoms with E-state index in [1.165, 1.54) is 12.8 Å². The van der Waals surface area contributed by atoms with Gasteiger partial charge in [-0.1, -0.05) is 75.2 Å². The lowest BCUT2D eigenvalue weighted by Gasteiger charge is -2.57. The van der Waals surface area contributed by atoms with Gasteiger partial charge in [0.15, 0.2) is 0 Å². The average molecular weight is 212 g/mol. The third-order valence-corrected chi connectivity index (χ3v) is 5.53. The zero-order chi connectivity index (χ0) is 12.5. The summed E-state index contributed by atoms with van der Waals surface area (Å²) in [5.41, 5.74) is 1.20. The molecule has 0 N–H and O–H groups in total. The molecule has 0 saturated carbocycles. The molecule has 0 aromatic rings. The highest BCUT2D eigenvalue weighted by Crippen LogP contribution is 2.58. The Bertz CT molecular complexity index is 191. The van der Waals surface area contributed by atoms with Gasteiger partial charge in [0.2, 0.25) is 0 Å². The monoisotopic (exact) mass is 212 g/mol. The Morgan fingerprint density at radius 1 is 0.800 bits per heavy atom. The quantitative estimate of drug-likeness (QED) is 0.575. The van der Waals surface area contributed by atoms with E-state index in [0.717, 1.165) is 5.92 Å². The van der Waals surface area contributed by atoms with E-state index >= 15 is 0 Å². The van der Waals surface area contributed by atoms with Gasteiger partial charge in [0.25, 0.3) is 0 Å². The Morgan fingerprint density at radius 2 is 1.13 bits per heavy atom. The fourth-order valence-electron chi connectivity index (χ4n) is 3.45. The molecule has 0 amide bonds. The van der Waals surface area contributed by atoms with Crippen LogP contribution in [0, 0.1) is 22.2 Å². The van der Waals surface area contributed by atoms with Crippen LogP contribution in [0.2, 0.25) is 0 Å². The lowest BCUT2D eigenvalue weighted by molar-refractivity contribution is -0.0819. The molecule has 0 saturated heterocycles. The maximum Gasteiger partial charge on any atom is -0.0201 e. The van der Waals surface area contributed by atoms with Gasteiger partial charge in [0.05, 0.1) is 0 Å². The molecule has 0 aliphatic heterocycles. The van der Waals surface area contributed by atoms with E-state index in [4.69, 9.17) is 0 Å². The third kappa shape index (κ3) is 2.24. The van der Waals surface area contributed by atoms with Crippen molar-refractivity contribution in [3.05, 3.63) is 0 Å². The molecule has 0 unspecified atom stereocenters. The van der Waals surface area contributed by atoms with Crippen molar-refractivity contribution in [2.24, 2.45) is 22.2 Å². The van der Waals surface area contributed by atoms with Crippen molar-refractivity contribution in [3.63, 3.8) is 0 Å². The van der Waals surface area contributed by atoms with Crippen molar-refractivity contribution in [1.82, 2.24) is 0 Å². The first-order valence-electron chi connectivity index (χ1n) is 6.56. The second-order valence-electron chi connectivity index (χ2n) is 6.87. The highest BCUT2D eigenvalue weighted by atomic mass is 14.6. The third-order valence-electron chi connectivity index (χ3n) is 5.53. The van der Waals surface area contributed by atoms with Gasteiger partial charge in [0.1, 0.15) is 0 Å². The lowest BCUT2D eigenvalue weighted by Crippen LogP contribution is -2.50. The minimum atomic E-state index is 0.363. The molecular formula is C15H32. The average Bonchev–Trinajstić information content (AvgIpc) is 2.13. The fourth-order valence-corrected chi connectivity index (χ4v) is 3.45. The zero-order valence-electron chi connectivity index (χ0n) is 12.5. The van der Waals surface area contributed by atoms with E-state index in [0.29, 0.717) is 16.2 Å². The van der Waals surface area contributed by atoms with Crippen molar-refractivity contribution in [2.75, 3.05) is 0 Å². The molecule has 0 aliphatic carbocycles. The zero-order valence-corrected chi connectivity index (χ0v) is 12.5. The Labute approximate surface area is 97.8 Å². The molecule has 0 aromatic carbocycles. The van der Waals surface area contributed by atoms with E-state index < -0.39 is 0 Å². The molecule has 0 rings (SSSR count). The lowest BCUT2D eigenvalue weighted by atomic mass is 9.48. The van der Waals surface area contributed by atoms with Crippen LogP contribution in [0.3, 0.4) is 0 Å². The summed E-state index contributed by atoms with van der Waals surface area (Å²) in [6.45, 7) is 21.6. The second kappa shape index (κ2) is 4.47. The van der Waals surface area contributed by atoms with E-state index in [1.807, 2.05) is 0 Å². The van der Waals surface area contributed by atoms with Gasteiger partial charge in [-0.05, 0) is 22.2 Å². The van der Waals surface area contributed by atoms with Crippen LogP contribution in [0.5, 0.6) is 0 Å². The molecular weight excluding hydrogens is 180 g/mol. The number of hydrogen-bond donors (Lipinski definition) is 0. The van der Waals surface area contributed by atoms with E-state index in [-0.39, 0.29) is 0 Å². The normalized spacial score (nSPS) is 18.0. The molecule has 0 heterocycles. The summed E-state index contributed by atoms with van der Waals surface area (Å²) in [7, 11) is 0. The van der Waals surface area contributed by atoms with Crippen LogP contribution in [0.15, 0.2) is 0 Å². The molecule has 1 atom stereocenters. The molecule has 0 radical (unpaired) electrons. The molecule has 0 bridgehead atoms. The predicted octanol–water partition coefficient (Wildman–Crippen LogP) is 5.52. The molecule has 0 spiro atoms. The van der Waals surface area contributed by atoms with Crippen molar-refractivity contribution in [3.8, 4) is 0 Å². The van der Waals surface area contributed by atoms with Crippen molar-refractivity contribution >= 4 is 0 Å². The SMILES string of the molecule is CCC(C)(CC)[C@](C)(C(C)C)C(C)(C)C. The van der Waals surface area contributed by atoms with Crippen LogP contribution in [0.4, 0.5) is 0 Å². The van der Waals surface area contributed by atoms with Crippen molar-refractivity contribution in [1.29, 1.82) is 0 Å². The molecule has 0 aliphatic rings. The van der Waals surface area contributed by atoms with Crippen LogP contribution >= 0.6 is 0 Å². The van der Waals surface area contributed by atoms with Gasteiger partial charge in [-0.2, -0.15) is 0 Å². The first kappa shape index (κ1) is 15.0. The first-order valence-corrected chi connectivity index (χ1v) is 6.56. The minimum Gasteiger partial charge on any atom is -0.0648 e. The molecule has 0 fully saturated rings. The summed E-state index contributed by atoms with van der Waals surface area (Å²) in [4.78, 5) is 0.